The average molecular weight is 373 g/mol. The molecule has 1 fully saturated rings. The van der Waals surface area contributed by atoms with Crippen LogP contribution in [0.3, 0.4) is 0 Å². The van der Waals surface area contributed by atoms with Gasteiger partial charge >= 0.3 is 0 Å². The predicted molar refractivity (Wildman–Crippen MR) is 105 cm³/mol. The maximum atomic E-state index is 9.51. The Morgan fingerprint density at radius 3 is 2.63 bits per heavy atom. The van der Waals surface area contributed by atoms with Crippen LogP contribution < -0.4 is 0 Å². The Hall–Kier alpha value is -1.76. The van der Waals surface area contributed by atoms with E-state index in [0.717, 1.165) is 44.8 Å². The van der Waals surface area contributed by atoms with Gasteiger partial charge in [-0.15, -0.1) is 0 Å². The third kappa shape index (κ3) is 5.61. The van der Waals surface area contributed by atoms with Crippen LogP contribution in [0, 0.1) is 0 Å². The number of benzene rings is 1. The summed E-state index contributed by atoms with van der Waals surface area (Å²) in [5.41, 5.74) is 1.24. The second-order valence-corrected chi connectivity index (χ2v) is 8.44. The van der Waals surface area contributed by atoms with Gasteiger partial charge in [0.15, 0.2) is 5.82 Å². The molecule has 6 nitrogen and oxygen atoms in total. The van der Waals surface area contributed by atoms with Gasteiger partial charge in [-0.05, 0) is 18.4 Å². The van der Waals surface area contributed by atoms with E-state index in [-0.39, 0.29) is 12.0 Å². The van der Waals surface area contributed by atoms with Crippen molar-refractivity contribution >= 4 is 0 Å². The smallest absolute Gasteiger partial charge is 0.232 e. The maximum absolute atomic E-state index is 9.51. The van der Waals surface area contributed by atoms with Crippen LogP contribution >= 0.6 is 0 Å². The number of piperazine rings is 1. The van der Waals surface area contributed by atoms with E-state index in [4.69, 9.17) is 4.52 Å². The minimum Gasteiger partial charge on any atom is -0.396 e. The summed E-state index contributed by atoms with van der Waals surface area (Å²) in [6, 6.07) is 11.0. The van der Waals surface area contributed by atoms with Crippen LogP contribution in [0.15, 0.2) is 34.9 Å². The van der Waals surface area contributed by atoms with Crippen molar-refractivity contribution in [2.75, 3.05) is 32.8 Å². The molecule has 1 unspecified atom stereocenters. The molecule has 0 bridgehead atoms. The van der Waals surface area contributed by atoms with Crippen molar-refractivity contribution in [3.63, 3.8) is 0 Å². The molecule has 1 aromatic heterocycles. The molecule has 1 aromatic carbocycles. The van der Waals surface area contributed by atoms with Crippen molar-refractivity contribution in [3.8, 4) is 0 Å². The van der Waals surface area contributed by atoms with Crippen LogP contribution in [0.1, 0.15) is 44.5 Å². The molecule has 1 atom stereocenters. The van der Waals surface area contributed by atoms with Crippen molar-refractivity contribution in [2.24, 2.45) is 0 Å². The topological polar surface area (TPSA) is 65.6 Å². The van der Waals surface area contributed by atoms with Crippen molar-refractivity contribution < 1.29 is 9.63 Å². The molecule has 2 heterocycles. The van der Waals surface area contributed by atoms with Crippen molar-refractivity contribution in [1.82, 2.24) is 19.9 Å². The molecule has 27 heavy (non-hydrogen) atoms. The van der Waals surface area contributed by atoms with Gasteiger partial charge < -0.3 is 9.63 Å². The molecule has 1 aliphatic rings. The van der Waals surface area contributed by atoms with Gasteiger partial charge in [-0.3, -0.25) is 9.80 Å². The SMILES string of the molecule is CC(C)(C)c1nc(CN2CCN(CCc3ccccc3)C(CCO)C2)no1. The highest BCUT2D eigenvalue weighted by molar-refractivity contribution is 5.15. The number of rotatable bonds is 7. The second kappa shape index (κ2) is 8.95. The first-order valence-corrected chi connectivity index (χ1v) is 9.90. The largest absolute Gasteiger partial charge is 0.396 e. The summed E-state index contributed by atoms with van der Waals surface area (Å²) in [5, 5.41) is 13.7. The summed E-state index contributed by atoms with van der Waals surface area (Å²) >= 11 is 0. The Balaban J connectivity index is 1.56. The Morgan fingerprint density at radius 2 is 1.96 bits per heavy atom. The van der Waals surface area contributed by atoms with E-state index in [1.165, 1.54) is 5.56 Å². The van der Waals surface area contributed by atoms with Crippen molar-refractivity contribution in [1.29, 1.82) is 0 Å². The highest BCUT2D eigenvalue weighted by atomic mass is 16.5. The van der Waals surface area contributed by atoms with Gasteiger partial charge in [-0.2, -0.15) is 4.98 Å². The van der Waals surface area contributed by atoms with Crippen molar-refractivity contribution in [3.05, 3.63) is 47.6 Å². The second-order valence-electron chi connectivity index (χ2n) is 8.44. The highest BCUT2D eigenvalue weighted by Gasteiger charge is 2.28. The van der Waals surface area contributed by atoms with E-state index in [1.807, 2.05) is 0 Å². The van der Waals surface area contributed by atoms with Gasteiger partial charge in [0.25, 0.3) is 0 Å². The lowest BCUT2D eigenvalue weighted by Gasteiger charge is -2.41. The number of hydrogen-bond acceptors (Lipinski definition) is 6. The van der Waals surface area contributed by atoms with Crippen LogP contribution in [0.2, 0.25) is 0 Å². The molecule has 1 saturated heterocycles. The van der Waals surface area contributed by atoms with E-state index in [0.29, 0.717) is 18.5 Å². The lowest BCUT2D eigenvalue weighted by atomic mass is 9.97. The molecule has 1 N–H and O–H groups in total. The number of aromatic nitrogens is 2. The van der Waals surface area contributed by atoms with Crippen LogP contribution in [0.4, 0.5) is 0 Å². The first-order valence-electron chi connectivity index (χ1n) is 9.90. The van der Waals surface area contributed by atoms with Crippen molar-refractivity contribution in [2.45, 2.75) is 51.6 Å². The number of hydrogen-bond donors (Lipinski definition) is 1. The molecule has 0 saturated carbocycles. The molecule has 3 rings (SSSR count). The zero-order chi connectivity index (χ0) is 19.3. The molecule has 0 radical (unpaired) electrons. The Bertz CT molecular complexity index is 696. The lowest BCUT2D eigenvalue weighted by Crippen LogP contribution is -2.53. The summed E-state index contributed by atoms with van der Waals surface area (Å²) in [6.45, 7) is 11.1. The Morgan fingerprint density at radius 1 is 1.19 bits per heavy atom. The van der Waals surface area contributed by atoms with E-state index >= 15 is 0 Å². The quantitative estimate of drug-likeness (QED) is 0.805. The predicted octanol–water partition coefficient (Wildman–Crippen LogP) is 2.48. The van der Waals surface area contributed by atoms with Gasteiger partial charge in [0.2, 0.25) is 5.89 Å². The average Bonchev–Trinajstić information content (AvgIpc) is 3.11. The molecule has 0 spiro atoms. The maximum Gasteiger partial charge on any atom is 0.232 e. The molecule has 0 amide bonds. The fourth-order valence-corrected chi connectivity index (χ4v) is 3.56. The van der Waals surface area contributed by atoms with Gasteiger partial charge in [0.05, 0.1) is 6.54 Å². The molecule has 148 valence electrons. The molecule has 1 aliphatic heterocycles. The number of aliphatic hydroxyl groups excluding tert-OH is 1. The molecular formula is C21H32N4O2. The van der Waals surface area contributed by atoms with Crippen LogP contribution in [-0.2, 0) is 18.4 Å². The van der Waals surface area contributed by atoms with E-state index in [2.05, 4.69) is 71.0 Å². The third-order valence-corrected chi connectivity index (χ3v) is 5.16. The number of aliphatic hydroxyl groups is 1. The van der Waals surface area contributed by atoms with Crippen LogP contribution in [0.5, 0.6) is 0 Å². The van der Waals surface area contributed by atoms with Crippen LogP contribution in [0.25, 0.3) is 0 Å². The minimum absolute atomic E-state index is 0.124. The van der Waals surface area contributed by atoms with Gasteiger partial charge in [-0.1, -0.05) is 56.3 Å². The fraction of sp³-hybridized carbons (Fsp3) is 0.619. The molecular weight excluding hydrogens is 340 g/mol. The molecule has 0 aliphatic carbocycles. The van der Waals surface area contributed by atoms with Crippen LogP contribution in [-0.4, -0.2) is 63.9 Å². The normalized spacial score (nSPS) is 19.5. The van der Waals surface area contributed by atoms with Gasteiger partial charge in [-0.25, -0.2) is 0 Å². The first kappa shape index (κ1) is 20.0. The van der Waals surface area contributed by atoms with E-state index in [9.17, 15) is 5.11 Å². The van der Waals surface area contributed by atoms with E-state index in [1.54, 1.807) is 0 Å². The van der Waals surface area contributed by atoms with E-state index < -0.39 is 0 Å². The highest BCUT2D eigenvalue weighted by Crippen LogP contribution is 2.21. The number of nitrogens with zero attached hydrogens (tertiary/aromatic N) is 4. The molecule has 2 aromatic rings. The summed E-state index contributed by atoms with van der Waals surface area (Å²) < 4.78 is 5.42. The Kier molecular flexibility index (Phi) is 6.63. The monoisotopic (exact) mass is 372 g/mol. The zero-order valence-electron chi connectivity index (χ0n) is 16.8. The third-order valence-electron chi connectivity index (χ3n) is 5.16. The molecule has 6 heteroatoms. The lowest BCUT2D eigenvalue weighted by molar-refractivity contribution is 0.0545. The minimum atomic E-state index is -0.124. The van der Waals surface area contributed by atoms with Gasteiger partial charge in [0.1, 0.15) is 0 Å². The summed E-state index contributed by atoms with van der Waals surface area (Å²) in [4.78, 5) is 9.44. The summed E-state index contributed by atoms with van der Waals surface area (Å²) in [6.07, 6.45) is 1.84. The standard InChI is InChI=1S/C21H32N4O2/c1-21(2,3)20-22-19(23-27-20)16-24-12-13-25(18(15-24)10-14-26)11-9-17-7-5-4-6-8-17/h4-8,18,26H,9-16H2,1-3H3. The fourth-order valence-electron chi connectivity index (χ4n) is 3.56. The zero-order valence-corrected chi connectivity index (χ0v) is 16.8. The summed E-state index contributed by atoms with van der Waals surface area (Å²) in [7, 11) is 0. The summed E-state index contributed by atoms with van der Waals surface area (Å²) in [5.74, 6) is 1.44. The first-order chi connectivity index (χ1) is 13.0. The van der Waals surface area contributed by atoms with Gasteiger partial charge in [0, 0.05) is 44.2 Å². The Labute approximate surface area is 162 Å².